The van der Waals surface area contributed by atoms with Crippen LogP contribution in [0, 0.1) is 13.8 Å². The predicted molar refractivity (Wildman–Crippen MR) is 104 cm³/mol. The van der Waals surface area contributed by atoms with E-state index in [2.05, 4.69) is 53.5 Å². The zero-order valence-corrected chi connectivity index (χ0v) is 15.7. The molecule has 1 aliphatic heterocycles. The Hall–Kier alpha value is -2.56. The fourth-order valence-electron chi connectivity index (χ4n) is 3.31. The van der Waals surface area contributed by atoms with Gasteiger partial charge in [0, 0.05) is 42.0 Å². The van der Waals surface area contributed by atoms with E-state index in [4.69, 9.17) is 4.74 Å². The van der Waals surface area contributed by atoms with Gasteiger partial charge in [-0.05, 0) is 44.4 Å². The number of aromatic nitrogens is 2. The normalized spacial score (nSPS) is 13.4. The van der Waals surface area contributed by atoms with Gasteiger partial charge in [0.2, 0.25) is 5.95 Å². The van der Waals surface area contributed by atoms with Crippen LogP contribution in [0.4, 0.5) is 17.5 Å². The first-order valence-corrected chi connectivity index (χ1v) is 8.80. The molecular formula is C20H26N4O. The van der Waals surface area contributed by atoms with E-state index in [0.717, 1.165) is 42.4 Å². The van der Waals surface area contributed by atoms with Crippen LogP contribution in [0.3, 0.4) is 0 Å². The molecule has 1 aromatic heterocycles. The Kier molecular flexibility index (Phi) is 4.93. The maximum atomic E-state index is 5.93. The Balaban J connectivity index is 2.07. The monoisotopic (exact) mass is 338 g/mol. The Bertz CT molecular complexity index is 827. The highest BCUT2D eigenvalue weighted by molar-refractivity contribution is 5.80. The first-order chi connectivity index (χ1) is 12.0. The van der Waals surface area contributed by atoms with Crippen molar-refractivity contribution in [3.63, 3.8) is 0 Å². The second-order valence-electron chi connectivity index (χ2n) is 6.40. The van der Waals surface area contributed by atoms with Crippen LogP contribution in [0.5, 0.6) is 5.75 Å². The van der Waals surface area contributed by atoms with Crippen LogP contribution in [0.2, 0.25) is 0 Å². The highest BCUT2D eigenvalue weighted by atomic mass is 16.5. The number of hydrogen-bond donors (Lipinski definition) is 2. The van der Waals surface area contributed by atoms with Crippen molar-refractivity contribution in [3.8, 4) is 5.75 Å². The molecule has 3 rings (SSSR count). The molecule has 25 heavy (non-hydrogen) atoms. The number of nitrogens with zero attached hydrogens (tertiary/aromatic N) is 2. The van der Waals surface area contributed by atoms with Crippen LogP contribution in [-0.2, 0) is 6.42 Å². The number of anilines is 3. The number of fused-ring (bicyclic) bond motifs is 1. The van der Waals surface area contributed by atoms with Gasteiger partial charge in [-0.25, -0.2) is 4.98 Å². The molecule has 0 spiro atoms. The van der Waals surface area contributed by atoms with Gasteiger partial charge in [0.1, 0.15) is 11.6 Å². The SMILES string of the molecule is CC/C=C(\C)c1c(C)c(Nc2nc(C)cc(NC)n2)cc2c1OCC2. The number of nitrogens with one attached hydrogen (secondary N) is 2. The third-order valence-electron chi connectivity index (χ3n) is 4.50. The van der Waals surface area contributed by atoms with E-state index in [1.807, 2.05) is 20.0 Å². The Morgan fingerprint density at radius 3 is 2.80 bits per heavy atom. The lowest BCUT2D eigenvalue weighted by Crippen LogP contribution is -2.05. The van der Waals surface area contributed by atoms with Crippen LogP contribution in [-0.4, -0.2) is 23.6 Å². The zero-order chi connectivity index (χ0) is 18.0. The molecule has 5 heteroatoms. The molecule has 5 nitrogen and oxygen atoms in total. The van der Waals surface area contributed by atoms with Gasteiger partial charge in [-0.2, -0.15) is 4.98 Å². The minimum absolute atomic E-state index is 0.606. The van der Waals surface area contributed by atoms with Crippen LogP contribution >= 0.6 is 0 Å². The Morgan fingerprint density at radius 1 is 1.28 bits per heavy atom. The van der Waals surface area contributed by atoms with Crippen molar-refractivity contribution >= 4 is 23.0 Å². The summed E-state index contributed by atoms with van der Waals surface area (Å²) in [7, 11) is 1.86. The third-order valence-corrected chi connectivity index (χ3v) is 4.50. The van der Waals surface area contributed by atoms with Gasteiger partial charge in [0.15, 0.2) is 0 Å². The molecule has 2 N–H and O–H groups in total. The maximum Gasteiger partial charge on any atom is 0.229 e. The smallest absolute Gasteiger partial charge is 0.229 e. The summed E-state index contributed by atoms with van der Waals surface area (Å²) in [4.78, 5) is 9.03. The molecule has 1 aliphatic rings. The van der Waals surface area contributed by atoms with E-state index in [1.165, 1.54) is 22.3 Å². The molecule has 1 aromatic carbocycles. The van der Waals surface area contributed by atoms with Gasteiger partial charge in [0.25, 0.3) is 0 Å². The van der Waals surface area contributed by atoms with Crippen molar-refractivity contribution in [2.45, 2.75) is 40.5 Å². The summed E-state index contributed by atoms with van der Waals surface area (Å²) in [5.41, 5.74) is 6.82. The summed E-state index contributed by atoms with van der Waals surface area (Å²) >= 11 is 0. The lowest BCUT2D eigenvalue weighted by atomic mass is 9.95. The van der Waals surface area contributed by atoms with E-state index in [9.17, 15) is 0 Å². The summed E-state index contributed by atoms with van der Waals surface area (Å²) in [5, 5.41) is 6.49. The van der Waals surface area contributed by atoms with Gasteiger partial charge >= 0.3 is 0 Å². The van der Waals surface area contributed by atoms with Gasteiger partial charge < -0.3 is 15.4 Å². The number of rotatable bonds is 5. The predicted octanol–water partition coefficient (Wildman–Crippen LogP) is 4.63. The van der Waals surface area contributed by atoms with Crippen LogP contribution in [0.1, 0.15) is 42.7 Å². The Morgan fingerprint density at radius 2 is 2.08 bits per heavy atom. The molecule has 0 bridgehead atoms. The molecule has 0 unspecified atom stereocenters. The molecule has 132 valence electrons. The minimum atomic E-state index is 0.606. The molecule has 0 fully saturated rings. The second kappa shape index (κ2) is 7.13. The molecule has 0 saturated heterocycles. The van der Waals surface area contributed by atoms with Gasteiger partial charge in [-0.1, -0.05) is 13.0 Å². The lowest BCUT2D eigenvalue weighted by Gasteiger charge is -2.17. The molecule has 0 amide bonds. The van der Waals surface area contributed by atoms with Crippen molar-refractivity contribution in [1.82, 2.24) is 9.97 Å². The van der Waals surface area contributed by atoms with E-state index in [1.54, 1.807) is 0 Å². The zero-order valence-electron chi connectivity index (χ0n) is 15.7. The van der Waals surface area contributed by atoms with E-state index in [0.29, 0.717) is 5.95 Å². The topological polar surface area (TPSA) is 59.1 Å². The fraction of sp³-hybridized carbons (Fsp3) is 0.400. The van der Waals surface area contributed by atoms with Crippen LogP contribution < -0.4 is 15.4 Å². The van der Waals surface area contributed by atoms with E-state index >= 15 is 0 Å². The van der Waals surface area contributed by atoms with Gasteiger partial charge in [-0.3, -0.25) is 0 Å². The quantitative estimate of drug-likeness (QED) is 0.832. The van der Waals surface area contributed by atoms with E-state index in [-0.39, 0.29) is 0 Å². The summed E-state index contributed by atoms with van der Waals surface area (Å²) in [6.07, 6.45) is 4.19. The van der Waals surface area contributed by atoms with Crippen molar-refractivity contribution in [3.05, 3.63) is 40.6 Å². The van der Waals surface area contributed by atoms with Gasteiger partial charge in [-0.15, -0.1) is 0 Å². The number of allylic oxidation sites excluding steroid dienone is 2. The number of aryl methyl sites for hydroxylation is 1. The molecule has 2 aromatic rings. The molecule has 0 aliphatic carbocycles. The summed E-state index contributed by atoms with van der Waals surface area (Å²) in [5.74, 6) is 2.44. The van der Waals surface area contributed by atoms with E-state index < -0.39 is 0 Å². The molecular weight excluding hydrogens is 312 g/mol. The largest absolute Gasteiger partial charge is 0.492 e. The first-order valence-electron chi connectivity index (χ1n) is 8.80. The minimum Gasteiger partial charge on any atom is -0.492 e. The second-order valence-corrected chi connectivity index (χ2v) is 6.40. The van der Waals surface area contributed by atoms with Crippen LogP contribution in [0.15, 0.2) is 18.2 Å². The van der Waals surface area contributed by atoms with Crippen molar-refractivity contribution in [2.24, 2.45) is 0 Å². The van der Waals surface area contributed by atoms with Crippen molar-refractivity contribution < 1.29 is 4.74 Å². The maximum absolute atomic E-state index is 5.93. The van der Waals surface area contributed by atoms with Crippen molar-refractivity contribution in [1.29, 1.82) is 0 Å². The molecule has 0 radical (unpaired) electrons. The summed E-state index contributed by atoms with van der Waals surface area (Å²) < 4.78 is 5.93. The molecule has 2 heterocycles. The first kappa shape index (κ1) is 17.3. The molecule has 0 atom stereocenters. The lowest BCUT2D eigenvalue weighted by molar-refractivity contribution is 0.355. The Labute approximate surface area is 149 Å². The molecule has 0 saturated carbocycles. The highest BCUT2D eigenvalue weighted by Crippen LogP contribution is 2.41. The highest BCUT2D eigenvalue weighted by Gasteiger charge is 2.22. The summed E-state index contributed by atoms with van der Waals surface area (Å²) in [6.45, 7) is 9.15. The number of ether oxygens (including phenoxy) is 1. The third kappa shape index (κ3) is 3.45. The number of benzene rings is 1. The fourth-order valence-corrected chi connectivity index (χ4v) is 3.31. The van der Waals surface area contributed by atoms with Gasteiger partial charge in [0.05, 0.1) is 6.61 Å². The van der Waals surface area contributed by atoms with Crippen molar-refractivity contribution in [2.75, 3.05) is 24.3 Å². The average Bonchev–Trinajstić information content (AvgIpc) is 3.02. The standard InChI is InChI=1S/C20H26N4O/c1-6-7-12(2)18-14(4)16(11-15-8-9-25-19(15)18)23-20-22-13(3)10-17(21-5)24-20/h7,10-11H,6,8-9H2,1-5H3,(H2,21,22,23,24)/b12-7+. The average molecular weight is 338 g/mol. The summed E-state index contributed by atoms with van der Waals surface area (Å²) in [6, 6.07) is 4.10. The number of hydrogen-bond acceptors (Lipinski definition) is 5. The van der Waals surface area contributed by atoms with Crippen LogP contribution in [0.25, 0.3) is 5.57 Å².